The zero-order valence-corrected chi connectivity index (χ0v) is 12.3. The Morgan fingerprint density at radius 1 is 1.14 bits per heavy atom. The molecule has 5 nitrogen and oxygen atoms in total. The van der Waals surface area contributed by atoms with Crippen molar-refractivity contribution in [3.8, 4) is 5.75 Å². The average molecular weight is 315 g/mol. The van der Waals surface area contributed by atoms with Crippen molar-refractivity contribution in [1.29, 1.82) is 0 Å². The molecular formula is C16H13NO4S. The van der Waals surface area contributed by atoms with Gasteiger partial charge in [-0.25, -0.2) is 4.79 Å². The Balaban J connectivity index is 1.85. The molecule has 0 radical (unpaired) electrons. The molecule has 0 bridgehead atoms. The second kappa shape index (κ2) is 6.64. The van der Waals surface area contributed by atoms with Crippen LogP contribution in [0.5, 0.6) is 5.75 Å². The standard InChI is InChI=1S/C16H13NO4S/c18-16-15(22-19)14(12-8-4-5-9-13(12)21-16)17-20-10-11-6-2-1-3-7-11/h1-9,15,19H,10H2/b17-14+. The zero-order chi connectivity index (χ0) is 15.4. The molecule has 0 spiro atoms. The third-order valence-corrected chi connectivity index (χ3v) is 3.80. The van der Waals surface area contributed by atoms with Crippen molar-refractivity contribution in [3.63, 3.8) is 0 Å². The van der Waals surface area contributed by atoms with E-state index in [2.05, 4.69) is 5.16 Å². The Bertz CT molecular complexity index is 702. The van der Waals surface area contributed by atoms with Crippen molar-refractivity contribution in [2.75, 3.05) is 0 Å². The monoisotopic (exact) mass is 315 g/mol. The largest absolute Gasteiger partial charge is 0.425 e. The van der Waals surface area contributed by atoms with E-state index in [0.29, 0.717) is 29.1 Å². The number of carbonyl (C=O) groups excluding carboxylic acids is 1. The van der Waals surface area contributed by atoms with Gasteiger partial charge in [-0.05, 0) is 17.7 Å². The quantitative estimate of drug-likeness (QED) is 0.406. The number of benzene rings is 2. The van der Waals surface area contributed by atoms with Crippen LogP contribution < -0.4 is 4.74 Å². The Labute approximate surface area is 131 Å². The van der Waals surface area contributed by atoms with Gasteiger partial charge in [0.25, 0.3) is 0 Å². The van der Waals surface area contributed by atoms with Gasteiger partial charge in [0.15, 0.2) is 5.25 Å². The van der Waals surface area contributed by atoms with Gasteiger partial charge in [-0.2, -0.15) is 0 Å². The molecule has 0 amide bonds. The van der Waals surface area contributed by atoms with Gasteiger partial charge in [0.2, 0.25) is 0 Å². The molecule has 1 N–H and O–H groups in total. The van der Waals surface area contributed by atoms with Gasteiger partial charge in [-0.1, -0.05) is 47.6 Å². The highest BCUT2D eigenvalue weighted by Gasteiger charge is 2.35. The van der Waals surface area contributed by atoms with Gasteiger partial charge < -0.3 is 14.1 Å². The number of carbonyl (C=O) groups is 1. The highest BCUT2D eigenvalue weighted by atomic mass is 32.2. The second-order valence-corrected chi connectivity index (χ2v) is 5.32. The van der Waals surface area contributed by atoms with Crippen LogP contribution in [0.3, 0.4) is 0 Å². The van der Waals surface area contributed by atoms with Crippen molar-refractivity contribution in [3.05, 3.63) is 65.7 Å². The van der Waals surface area contributed by atoms with Crippen molar-refractivity contribution >= 4 is 23.7 Å². The molecule has 0 saturated heterocycles. The van der Waals surface area contributed by atoms with E-state index in [9.17, 15) is 9.35 Å². The third kappa shape index (κ3) is 2.98. The summed E-state index contributed by atoms with van der Waals surface area (Å²) in [5.41, 5.74) is 1.96. The minimum Gasteiger partial charge on any atom is -0.425 e. The van der Waals surface area contributed by atoms with Crippen LogP contribution in [0.25, 0.3) is 0 Å². The van der Waals surface area contributed by atoms with Crippen LogP contribution in [0.1, 0.15) is 11.1 Å². The topological polar surface area (TPSA) is 68.1 Å². The molecule has 2 aromatic rings. The van der Waals surface area contributed by atoms with Crippen LogP contribution >= 0.6 is 12.0 Å². The van der Waals surface area contributed by atoms with E-state index in [1.165, 1.54) is 0 Å². The van der Waals surface area contributed by atoms with E-state index in [1.54, 1.807) is 18.2 Å². The van der Waals surface area contributed by atoms with Crippen LogP contribution in [0.4, 0.5) is 0 Å². The first-order chi connectivity index (χ1) is 10.8. The lowest BCUT2D eigenvalue weighted by molar-refractivity contribution is -0.133. The molecule has 112 valence electrons. The predicted molar refractivity (Wildman–Crippen MR) is 83.9 cm³/mol. The fraction of sp³-hybridized carbons (Fsp3) is 0.125. The summed E-state index contributed by atoms with van der Waals surface area (Å²) in [6.07, 6.45) is 0. The number of hydrogen-bond acceptors (Lipinski definition) is 6. The van der Waals surface area contributed by atoms with Crippen LogP contribution in [-0.2, 0) is 16.2 Å². The van der Waals surface area contributed by atoms with Gasteiger partial charge in [0.05, 0.1) is 0 Å². The molecule has 0 aliphatic carbocycles. The summed E-state index contributed by atoms with van der Waals surface area (Å²) in [5, 5.41) is 3.15. The van der Waals surface area contributed by atoms with E-state index >= 15 is 0 Å². The summed E-state index contributed by atoms with van der Waals surface area (Å²) >= 11 is 0.386. The number of para-hydroxylation sites is 1. The molecule has 0 fully saturated rings. The molecule has 3 rings (SSSR count). The molecule has 1 unspecified atom stereocenters. The first-order valence-electron chi connectivity index (χ1n) is 6.64. The Hall–Kier alpha value is -2.31. The predicted octanol–water partition coefficient (Wildman–Crippen LogP) is 3.10. The number of esters is 1. The van der Waals surface area contributed by atoms with Gasteiger partial charge >= 0.3 is 5.97 Å². The first kappa shape index (κ1) is 14.6. The van der Waals surface area contributed by atoms with Crippen molar-refractivity contribution < 1.29 is 18.9 Å². The van der Waals surface area contributed by atoms with Crippen LogP contribution in [0.15, 0.2) is 59.8 Å². The summed E-state index contributed by atoms with van der Waals surface area (Å²) in [6.45, 7) is 0.282. The molecular weight excluding hydrogens is 302 g/mol. The Morgan fingerprint density at radius 2 is 1.86 bits per heavy atom. The fourth-order valence-corrected chi connectivity index (χ4v) is 2.53. The molecule has 22 heavy (non-hydrogen) atoms. The average Bonchev–Trinajstić information content (AvgIpc) is 2.55. The normalized spacial score (nSPS) is 18.7. The zero-order valence-electron chi connectivity index (χ0n) is 11.5. The van der Waals surface area contributed by atoms with E-state index < -0.39 is 11.2 Å². The molecule has 1 heterocycles. The lowest BCUT2D eigenvalue weighted by Gasteiger charge is -2.22. The van der Waals surface area contributed by atoms with Gasteiger partial charge in [-0.3, -0.25) is 0 Å². The molecule has 1 atom stereocenters. The summed E-state index contributed by atoms with van der Waals surface area (Å²) in [6, 6.07) is 16.6. The maximum atomic E-state index is 11.9. The van der Waals surface area contributed by atoms with Crippen LogP contribution in [0, 0.1) is 0 Å². The number of rotatable bonds is 4. The van der Waals surface area contributed by atoms with Gasteiger partial charge in [-0.15, -0.1) is 0 Å². The van der Waals surface area contributed by atoms with E-state index in [0.717, 1.165) is 5.56 Å². The van der Waals surface area contributed by atoms with Crippen LogP contribution in [-0.4, -0.2) is 21.5 Å². The van der Waals surface area contributed by atoms with Crippen molar-refractivity contribution in [1.82, 2.24) is 0 Å². The molecule has 1 aliphatic heterocycles. The van der Waals surface area contributed by atoms with Gasteiger partial charge in [0.1, 0.15) is 18.1 Å². The highest BCUT2D eigenvalue weighted by Crippen LogP contribution is 2.30. The lowest BCUT2D eigenvalue weighted by atomic mass is 10.0. The summed E-state index contributed by atoms with van der Waals surface area (Å²) in [5.74, 6) is -0.145. The second-order valence-electron chi connectivity index (χ2n) is 4.64. The highest BCUT2D eigenvalue weighted by molar-refractivity contribution is 7.96. The minimum absolute atomic E-state index is 0.282. The van der Waals surface area contributed by atoms with Crippen molar-refractivity contribution in [2.45, 2.75) is 11.9 Å². The summed E-state index contributed by atoms with van der Waals surface area (Å²) in [4.78, 5) is 17.2. The van der Waals surface area contributed by atoms with E-state index in [4.69, 9.17) is 9.57 Å². The molecule has 0 aromatic heterocycles. The molecule has 2 aromatic carbocycles. The minimum atomic E-state index is -0.911. The smallest absolute Gasteiger partial charge is 0.333 e. The number of hydrogen-bond donors (Lipinski definition) is 1. The molecule has 0 saturated carbocycles. The number of fused-ring (bicyclic) bond motifs is 1. The maximum absolute atomic E-state index is 11.9. The SMILES string of the molecule is O=C1Oc2ccccc2/C(=N\OCc2ccccc2)C1SO. The number of nitrogens with zero attached hydrogens (tertiary/aromatic N) is 1. The van der Waals surface area contributed by atoms with E-state index in [1.807, 2.05) is 36.4 Å². The van der Waals surface area contributed by atoms with E-state index in [-0.39, 0.29) is 6.61 Å². The Morgan fingerprint density at radius 3 is 2.64 bits per heavy atom. The summed E-state index contributed by atoms with van der Waals surface area (Å²) < 4.78 is 14.5. The summed E-state index contributed by atoms with van der Waals surface area (Å²) in [7, 11) is 0. The van der Waals surface area contributed by atoms with Crippen LogP contribution in [0.2, 0.25) is 0 Å². The molecule has 6 heteroatoms. The maximum Gasteiger partial charge on any atom is 0.333 e. The fourth-order valence-electron chi connectivity index (χ4n) is 2.12. The van der Waals surface area contributed by atoms with Gasteiger partial charge in [0, 0.05) is 17.6 Å². The number of oxime groups is 1. The number of ether oxygens (including phenoxy) is 1. The Kier molecular flexibility index (Phi) is 4.41. The molecule has 1 aliphatic rings. The lowest BCUT2D eigenvalue weighted by Crippen LogP contribution is -2.36. The first-order valence-corrected chi connectivity index (χ1v) is 7.48. The third-order valence-electron chi connectivity index (χ3n) is 3.18. The van der Waals surface area contributed by atoms with Crippen molar-refractivity contribution in [2.24, 2.45) is 5.16 Å².